The van der Waals surface area contributed by atoms with Crippen LogP contribution >= 0.6 is 23.2 Å². The number of benzene rings is 3. The van der Waals surface area contributed by atoms with E-state index in [1.807, 2.05) is 12.1 Å². The van der Waals surface area contributed by atoms with Crippen LogP contribution in [0.2, 0.25) is 10.0 Å². The zero-order chi connectivity index (χ0) is 30.1. The van der Waals surface area contributed by atoms with E-state index in [1.165, 1.54) is 7.11 Å². The van der Waals surface area contributed by atoms with E-state index in [4.69, 9.17) is 37.9 Å². The molecule has 2 amide bonds. The van der Waals surface area contributed by atoms with E-state index in [9.17, 15) is 9.59 Å². The minimum atomic E-state index is -0.586. The number of aliphatic imine (C=N–C) groups is 1. The highest BCUT2D eigenvalue weighted by atomic mass is 35.5. The standard InChI is InChI=1S/C30H30Cl2N6O4/c1-34-30(36-18-33)35-14-15-42-27-9-5-6-19-16-20(31)10-13-25(19)38(27)29(40)23-12-11-21(17-26(23)41-2)37-28(39)22-7-3-4-8-24(22)32/h3-4,7-8,10-13,16-17,27H,5-6,9,14-15H2,1-2H3,(H,37,39)(H2,34,35,36). The maximum Gasteiger partial charge on any atom is 0.264 e. The minimum absolute atomic E-state index is 0.244. The molecule has 0 aromatic heterocycles. The predicted molar refractivity (Wildman–Crippen MR) is 163 cm³/mol. The number of fused-ring (bicyclic) bond motifs is 1. The van der Waals surface area contributed by atoms with Crippen molar-refractivity contribution in [3.63, 3.8) is 0 Å². The molecule has 0 bridgehead atoms. The van der Waals surface area contributed by atoms with Gasteiger partial charge in [0.25, 0.3) is 11.8 Å². The first-order valence-corrected chi connectivity index (χ1v) is 14.0. The SMILES string of the molecule is CNC(=NC#N)NCCOC1CCCc2cc(Cl)ccc2N1C(=O)c1ccc(NC(=O)c2ccccc2Cl)cc1OC. The number of nitrogens with zero attached hydrogens (tertiary/aromatic N) is 3. The van der Waals surface area contributed by atoms with Gasteiger partial charge < -0.3 is 25.4 Å². The van der Waals surface area contributed by atoms with E-state index in [0.29, 0.717) is 51.5 Å². The minimum Gasteiger partial charge on any atom is -0.496 e. The quantitative estimate of drug-likeness (QED) is 0.138. The van der Waals surface area contributed by atoms with Crippen molar-refractivity contribution >= 4 is 52.4 Å². The normalized spacial score (nSPS) is 14.7. The summed E-state index contributed by atoms with van der Waals surface area (Å²) >= 11 is 12.5. The molecule has 3 aromatic carbocycles. The molecular weight excluding hydrogens is 579 g/mol. The van der Waals surface area contributed by atoms with Gasteiger partial charge in [-0.15, -0.1) is 4.99 Å². The number of carbonyl (C=O) groups excluding carboxylic acids is 2. The van der Waals surface area contributed by atoms with E-state index in [0.717, 1.165) is 18.4 Å². The van der Waals surface area contributed by atoms with Gasteiger partial charge in [0.05, 0.1) is 29.9 Å². The highest BCUT2D eigenvalue weighted by Gasteiger charge is 2.32. The second-order valence-corrected chi connectivity index (χ2v) is 10.1. The van der Waals surface area contributed by atoms with Crippen LogP contribution < -0.4 is 25.6 Å². The number of aryl methyl sites for hydroxylation is 1. The van der Waals surface area contributed by atoms with Gasteiger partial charge in [-0.3, -0.25) is 14.5 Å². The molecule has 42 heavy (non-hydrogen) atoms. The van der Waals surface area contributed by atoms with Crippen molar-refractivity contribution in [1.82, 2.24) is 10.6 Å². The third kappa shape index (κ3) is 7.31. The van der Waals surface area contributed by atoms with Crippen LogP contribution in [-0.4, -0.2) is 51.3 Å². The van der Waals surface area contributed by atoms with Crippen LogP contribution in [0.5, 0.6) is 5.75 Å². The molecule has 1 unspecified atom stereocenters. The lowest BCUT2D eigenvalue weighted by atomic mass is 10.1. The second-order valence-electron chi connectivity index (χ2n) is 9.25. The molecular formula is C30H30Cl2N6O4. The number of hydrogen-bond donors (Lipinski definition) is 3. The number of carbonyl (C=O) groups is 2. The molecule has 1 heterocycles. The van der Waals surface area contributed by atoms with Crippen molar-refractivity contribution in [1.29, 1.82) is 5.26 Å². The van der Waals surface area contributed by atoms with Gasteiger partial charge in [0.1, 0.15) is 12.0 Å². The Morgan fingerprint density at radius 2 is 1.93 bits per heavy atom. The molecule has 0 fully saturated rings. The van der Waals surface area contributed by atoms with Crippen LogP contribution in [0.15, 0.2) is 65.7 Å². The van der Waals surface area contributed by atoms with E-state index in [-0.39, 0.29) is 24.2 Å². The summed E-state index contributed by atoms with van der Waals surface area (Å²) in [7, 11) is 3.11. The first-order chi connectivity index (χ1) is 20.4. The third-order valence-electron chi connectivity index (χ3n) is 6.62. The molecule has 0 aliphatic carbocycles. The van der Waals surface area contributed by atoms with E-state index in [2.05, 4.69) is 20.9 Å². The number of guanidine groups is 1. The summed E-state index contributed by atoms with van der Waals surface area (Å²) in [5.41, 5.74) is 2.69. The molecule has 3 aromatic rings. The van der Waals surface area contributed by atoms with Crippen molar-refractivity contribution in [2.24, 2.45) is 4.99 Å². The monoisotopic (exact) mass is 608 g/mol. The molecule has 0 saturated heterocycles. The third-order valence-corrected chi connectivity index (χ3v) is 7.18. The van der Waals surface area contributed by atoms with Crippen LogP contribution in [0.1, 0.15) is 39.1 Å². The fourth-order valence-electron chi connectivity index (χ4n) is 4.66. The van der Waals surface area contributed by atoms with Crippen molar-refractivity contribution < 1.29 is 19.1 Å². The average molecular weight is 610 g/mol. The maximum absolute atomic E-state index is 14.2. The number of rotatable bonds is 8. The van der Waals surface area contributed by atoms with Crippen LogP contribution in [0, 0.1) is 11.5 Å². The van der Waals surface area contributed by atoms with Crippen molar-refractivity contribution in [2.75, 3.05) is 37.5 Å². The summed E-state index contributed by atoms with van der Waals surface area (Å²) in [5.74, 6) is -0.116. The van der Waals surface area contributed by atoms with Gasteiger partial charge in [-0.1, -0.05) is 35.3 Å². The maximum atomic E-state index is 14.2. The van der Waals surface area contributed by atoms with Crippen molar-refractivity contribution in [2.45, 2.75) is 25.5 Å². The Bertz CT molecular complexity index is 1520. The van der Waals surface area contributed by atoms with E-state index in [1.54, 1.807) is 66.7 Å². The van der Waals surface area contributed by atoms with Crippen LogP contribution in [0.25, 0.3) is 0 Å². The average Bonchev–Trinajstić information content (AvgIpc) is 3.17. The Labute approximate surface area is 254 Å². The van der Waals surface area contributed by atoms with Crippen molar-refractivity contribution in [3.8, 4) is 11.9 Å². The molecule has 10 nitrogen and oxygen atoms in total. The summed E-state index contributed by atoms with van der Waals surface area (Å²) in [5, 5.41) is 18.3. The van der Waals surface area contributed by atoms with Crippen LogP contribution in [0.3, 0.4) is 0 Å². The number of nitrogens with one attached hydrogen (secondary N) is 3. The van der Waals surface area contributed by atoms with Gasteiger partial charge in [-0.2, -0.15) is 5.26 Å². The lowest BCUT2D eigenvalue weighted by Gasteiger charge is -2.32. The number of ether oxygens (including phenoxy) is 2. The van der Waals surface area contributed by atoms with Crippen LogP contribution in [0.4, 0.5) is 11.4 Å². The van der Waals surface area contributed by atoms with E-state index >= 15 is 0 Å². The molecule has 4 rings (SSSR count). The highest BCUT2D eigenvalue weighted by Crippen LogP contribution is 2.35. The van der Waals surface area contributed by atoms with Gasteiger partial charge in [0.15, 0.2) is 0 Å². The lowest BCUT2D eigenvalue weighted by molar-refractivity contribution is 0.0439. The molecule has 0 radical (unpaired) electrons. The fourth-order valence-corrected chi connectivity index (χ4v) is 5.07. The summed E-state index contributed by atoms with van der Waals surface area (Å²) in [4.78, 5) is 32.3. The van der Waals surface area contributed by atoms with Gasteiger partial charge in [0, 0.05) is 36.1 Å². The zero-order valence-corrected chi connectivity index (χ0v) is 24.6. The summed E-state index contributed by atoms with van der Waals surface area (Å²) in [6, 6.07) is 17.0. The topological polar surface area (TPSA) is 128 Å². The summed E-state index contributed by atoms with van der Waals surface area (Å²) < 4.78 is 11.8. The smallest absolute Gasteiger partial charge is 0.264 e. The van der Waals surface area contributed by atoms with Crippen molar-refractivity contribution in [3.05, 3.63) is 87.4 Å². The molecule has 0 saturated carbocycles. The number of methoxy groups -OCH3 is 1. The number of halogens is 2. The molecule has 0 spiro atoms. The number of amides is 2. The fraction of sp³-hybridized carbons (Fsp3) is 0.267. The van der Waals surface area contributed by atoms with E-state index < -0.39 is 6.23 Å². The van der Waals surface area contributed by atoms with Gasteiger partial charge in [-0.25, -0.2) is 0 Å². The Balaban J connectivity index is 1.61. The zero-order valence-electron chi connectivity index (χ0n) is 23.1. The molecule has 1 aliphatic rings. The van der Waals surface area contributed by atoms with Crippen LogP contribution in [-0.2, 0) is 11.2 Å². The largest absolute Gasteiger partial charge is 0.496 e. The lowest BCUT2D eigenvalue weighted by Crippen LogP contribution is -2.44. The Morgan fingerprint density at radius 3 is 2.67 bits per heavy atom. The first-order valence-electron chi connectivity index (χ1n) is 13.2. The highest BCUT2D eigenvalue weighted by molar-refractivity contribution is 6.34. The number of nitriles is 1. The van der Waals surface area contributed by atoms with Gasteiger partial charge in [-0.05, 0) is 67.3 Å². The first kappa shape index (κ1) is 30.7. The van der Waals surface area contributed by atoms with Gasteiger partial charge >= 0.3 is 0 Å². The number of anilines is 2. The number of hydrogen-bond acceptors (Lipinski definition) is 6. The Kier molecular flexibility index (Phi) is 10.6. The predicted octanol–water partition coefficient (Wildman–Crippen LogP) is 5.23. The summed E-state index contributed by atoms with van der Waals surface area (Å²) in [6.07, 6.45) is 3.22. The molecule has 1 atom stereocenters. The second kappa shape index (κ2) is 14.5. The molecule has 1 aliphatic heterocycles. The molecule has 12 heteroatoms. The Hall–Kier alpha value is -4.30. The molecule has 218 valence electrons. The summed E-state index contributed by atoms with van der Waals surface area (Å²) in [6.45, 7) is 0.601. The Morgan fingerprint density at radius 1 is 1.12 bits per heavy atom. The molecule has 3 N–H and O–H groups in total. The van der Waals surface area contributed by atoms with Gasteiger partial charge in [0.2, 0.25) is 12.2 Å².